The fourth-order valence-corrected chi connectivity index (χ4v) is 1.71. The second kappa shape index (κ2) is 4.63. The summed E-state index contributed by atoms with van der Waals surface area (Å²) in [4.78, 5) is 12.7. The van der Waals surface area contributed by atoms with E-state index in [1.807, 2.05) is 36.4 Å². The number of nitrogens with zero attached hydrogens (tertiary/aromatic N) is 1. The van der Waals surface area contributed by atoms with Crippen LogP contribution in [0.1, 0.15) is 12.0 Å². The van der Waals surface area contributed by atoms with Crippen LogP contribution in [-0.2, 0) is 11.3 Å². The van der Waals surface area contributed by atoms with Crippen LogP contribution in [0, 0.1) is 0 Å². The first-order valence-corrected chi connectivity index (χ1v) is 5.06. The summed E-state index contributed by atoms with van der Waals surface area (Å²) in [5, 5.41) is 0. The van der Waals surface area contributed by atoms with Crippen molar-refractivity contribution in [1.29, 1.82) is 0 Å². The van der Waals surface area contributed by atoms with Crippen LogP contribution >= 0.6 is 0 Å². The fraction of sp³-hybridized carbons (Fsp3) is 0.231. The smallest absolute Gasteiger partial charge is 0.125 e. The summed E-state index contributed by atoms with van der Waals surface area (Å²) < 4.78 is 0. The Morgan fingerprint density at radius 2 is 2.07 bits per heavy atom. The van der Waals surface area contributed by atoms with Gasteiger partial charge in [-0.3, -0.25) is 0 Å². The van der Waals surface area contributed by atoms with Crippen molar-refractivity contribution >= 4 is 5.94 Å². The molecule has 0 radical (unpaired) electrons. The average molecular weight is 199 g/mol. The molecule has 2 nitrogen and oxygen atoms in total. The third-order valence-corrected chi connectivity index (χ3v) is 2.45. The number of benzene rings is 1. The van der Waals surface area contributed by atoms with Gasteiger partial charge >= 0.3 is 0 Å². The first kappa shape index (κ1) is 9.75. The predicted octanol–water partition coefficient (Wildman–Crippen LogP) is 2.16. The lowest BCUT2D eigenvalue weighted by Gasteiger charge is -2.23. The van der Waals surface area contributed by atoms with Gasteiger partial charge in [0.2, 0.25) is 0 Å². The molecule has 0 fully saturated rings. The monoisotopic (exact) mass is 199 g/mol. The van der Waals surface area contributed by atoms with Gasteiger partial charge in [-0.1, -0.05) is 36.4 Å². The highest BCUT2D eigenvalue weighted by Gasteiger charge is 2.08. The van der Waals surface area contributed by atoms with E-state index in [2.05, 4.69) is 17.0 Å². The third kappa shape index (κ3) is 2.58. The topological polar surface area (TPSA) is 20.3 Å². The van der Waals surface area contributed by atoms with Crippen LogP contribution in [0.4, 0.5) is 0 Å². The summed E-state index contributed by atoms with van der Waals surface area (Å²) in [6.07, 6.45) is 4.80. The van der Waals surface area contributed by atoms with Gasteiger partial charge in [0.05, 0.1) is 0 Å². The number of allylic oxidation sites excluding steroid dienone is 1. The zero-order chi connectivity index (χ0) is 10.5. The van der Waals surface area contributed by atoms with Crippen LogP contribution < -0.4 is 0 Å². The van der Waals surface area contributed by atoms with E-state index in [9.17, 15) is 4.79 Å². The van der Waals surface area contributed by atoms with Gasteiger partial charge in [0, 0.05) is 25.1 Å². The van der Waals surface area contributed by atoms with Crippen molar-refractivity contribution in [1.82, 2.24) is 4.90 Å². The molecule has 1 aliphatic heterocycles. The molecule has 0 aliphatic carbocycles. The molecular formula is C13H13NO. The van der Waals surface area contributed by atoms with Crippen molar-refractivity contribution in [3.8, 4) is 0 Å². The van der Waals surface area contributed by atoms with Crippen LogP contribution in [0.15, 0.2) is 48.2 Å². The van der Waals surface area contributed by atoms with E-state index >= 15 is 0 Å². The molecule has 0 N–H and O–H groups in total. The normalized spacial score (nSPS) is 15.2. The Labute approximate surface area is 89.5 Å². The second-order valence-corrected chi connectivity index (χ2v) is 3.69. The quantitative estimate of drug-likeness (QED) is 0.680. The fourth-order valence-electron chi connectivity index (χ4n) is 1.71. The van der Waals surface area contributed by atoms with E-state index < -0.39 is 0 Å². The Kier molecular flexibility index (Phi) is 3.01. The zero-order valence-electron chi connectivity index (χ0n) is 8.52. The molecule has 76 valence electrons. The van der Waals surface area contributed by atoms with Gasteiger partial charge in [-0.05, 0) is 11.8 Å². The van der Waals surface area contributed by atoms with Crippen molar-refractivity contribution in [2.75, 3.05) is 6.54 Å². The molecule has 1 aromatic carbocycles. The SMILES string of the molecule is O=C=C1CC=CN(Cc2ccccc2)C1. The highest BCUT2D eigenvalue weighted by Crippen LogP contribution is 2.13. The highest BCUT2D eigenvalue weighted by atomic mass is 16.1. The molecule has 2 rings (SSSR count). The first-order valence-electron chi connectivity index (χ1n) is 5.06. The first-order chi connectivity index (χ1) is 7.38. The van der Waals surface area contributed by atoms with Crippen LogP contribution in [0.3, 0.4) is 0 Å². The molecular weight excluding hydrogens is 186 g/mol. The van der Waals surface area contributed by atoms with Crippen molar-refractivity contribution in [2.45, 2.75) is 13.0 Å². The minimum absolute atomic E-state index is 0.703. The second-order valence-electron chi connectivity index (χ2n) is 3.69. The summed E-state index contributed by atoms with van der Waals surface area (Å²) in [5.74, 6) is 1.99. The van der Waals surface area contributed by atoms with Crippen LogP contribution in [0.5, 0.6) is 0 Å². The molecule has 0 atom stereocenters. The molecule has 1 heterocycles. The molecule has 0 bridgehead atoms. The van der Waals surface area contributed by atoms with Crippen LogP contribution in [-0.4, -0.2) is 17.4 Å². The highest BCUT2D eigenvalue weighted by molar-refractivity contribution is 5.54. The molecule has 2 heteroatoms. The van der Waals surface area contributed by atoms with Crippen molar-refractivity contribution in [2.24, 2.45) is 0 Å². The Balaban J connectivity index is 2.04. The largest absolute Gasteiger partial charge is 0.369 e. The minimum atomic E-state index is 0.703. The number of rotatable bonds is 2. The molecule has 0 amide bonds. The average Bonchev–Trinajstić information content (AvgIpc) is 2.31. The predicted molar refractivity (Wildman–Crippen MR) is 59.8 cm³/mol. The maximum Gasteiger partial charge on any atom is 0.125 e. The molecule has 0 saturated carbocycles. The molecule has 0 unspecified atom stereocenters. The lowest BCUT2D eigenvalue weighted by atomic mass is 10.1. The Hall–Kier alpha value is -1.79. The Bertz CT molecular complexity index is 402. The Morgan fingerprint density at radius 3 is 2.80 bits per heavy atom. The molecule has 0 spiro atoms. The van der Waals surface area contributed by atoms with Gasteiger partial charge < -0.3 is 4.90 Å². The van der Waals surface area contributed by atoms with E-state index in [0.29, 0.717) is 6.54 Å². The molecule has 1 aromatic rings. The summed E-state index contributed by atoms with van der Waals surface area (Å²) in [6.45, 7) is 1.55. The van der Waals surface area contributed by atoms with E-state index in [-0.39, 0.29) is 0 Å². The van der Waals surface area contributed by atoms with Gasteiger partial charge in [-0.25, -0.2) is 4.79 Å². The molecule has 0 saturated heterocycles. The van der Waals surface area contributed by atoms with Gasteiger partial charge in [-0.15, -0.1) is 0 Å². The van der Waals surface area contributed by atoms with E-state index in [1.165, 1.54) is 5.56 Å². The van der Waals surface area contributed by atoms with Gasteiger partial charge in [0.1, 0.15) is 5.94 Å². The third-order valence-electron chi connectivity index (χ3n) is 2.45. The van der Waals surface area contributed by atoms with E-state index in [0.717, 1.165) is 18.5 Å². The number of carbonyl (C=O) groups excluding carboxylic acids is 1. The van der Waals surface area contributed by atoms with Crippen molar-refractivity contribution in [3.05, 3.63) is 53.7 Å². The van der Waals surface area contributed by atoms with Gasteiger partial charge in [0.15, 0.2) is 0 Å². The summed E-state index contributed by atoms with van der Waals surface area (Å²) in [6, 6.07) is 10.2. The maximum atomic E-state index is 10.5. The molecule has 0 aromatic heterocycles. The van der Waals surface area contributed by atoms with Gasteiger partial charge in [-0.2, -0.15) is 0 Å². The van der Waals surface area contributed by atoms with Gasteiger partial charge in [0.25, 0.3) is 0 Å². The standard InChI is InChI=1S/C13H13NO/c15-11-13-7-4-8-14(10-13)9-12-5-2-1-3-6-12/h1-6,8H,7,9-10H2. The maximum absolute atomic E-state index is 10.5. The van der Waals surface area contributed by atoms with Crippen LogP contribution in [0.2, 0.25) is 0 Å². The number of hydrogen-bond acceptors (Lipinski definition) is 2. The van der Waals surface area contributed by atoms with E-state index in [4.69, 9.17) is 0 Å². The molecule has 15 heavy (non-hydrogen) atoms. The Morgan fingerprint density at radius 1 is 1.27 bits per heavy atom. The van der Waals surface area contributed by atoms with E-state index in [1.54, 1.807) is 0 Å². The lowest BCUT2D eigenvalue weighted by molar-refractivity contribution is 0.387. The minimum Gasteiger partial charge on any atom is -0.369 e. The summed E-state index contributed by atoms with van der Waals surface area (Å²) >= 11 is 0. The van der Waals surface area contributed by atoms with Crippen LogP contribution in [0.25, 0.3) is 0 Å². The zero-order valence-corrected chi connectivity index (χ0v) is 8.52. The number of hydrogen-bond donors (Lipinski definition) is 0. The van der Waals surface area contributed by atoms with Crippen molar-refractivity contribution in [3.63, 3.8) is 0 Å². The summed E-state index contributed by atoms with van der Waals surface area (Å²) in [5.41, 5.74) is 2.09. The van der Waals surface area contributed by atoms with Crippen molar-refractivity contribution < 1.29 is 4.79 Å². The lowest BCUT2D eigenvalue weighted by Crippen LogP contribution is -2.22. The molecule has 1 aliphatic rings. The summed E-state index contributed by atoms with van der Waals surface area (Å²) in [7, 11) is 0.